The third kappa shape index (κ3) is 6.48. The van der Waals surface area contributed by atoms with Crippen LogP contribution < -0.4 is 4.74 Å². The van der Waals surface area contributed by atoms with E-state index in [9.17, 15) is 0 Å². The molecule has 1 heteroatoms. The van der Waals surface area contributed by atoms with E-state index in [1.54, 1.807) is 0 Å². The first-order valence-electron chi connectivity index (χ1n) is 8.93. The number of hydrogen-bond acceptors (Lipinski definition) is 1. The van der Waals surface area contributed by atoms with Crippen LogP contribution in [0.1, 0.15) is 66.0 Å². The highest BCUT2D eigenvalue weighted by Crippen LogP contribution is 2.32. The molecule has 0 saturated heterocycles. The van der Waals surface area contributed by atoms with Gasteiger partial charge in [-0.05, 0) is 29.7 Å². The van der Waals surface area contributed by atoms with E-state index in [1.807, 2.05) is 27.7 Å². The van der Waals surface area contributed by atoms with Crippen molar-refractivity contribution in [3.05, 3.63) is 65.7 Å². The van der Waals surface area contributed by atoms with Crippen molar-refractivity contribution < 1.29 is 4.74 Å². The van der Waals surface area contributed by atoms with Crippen LogP contribution in [0.15, 0.2) is 54.6 Å². The highest BCUT2D eigenvalue weighted by atomic mass is 16.5. The van der Waals surface area contributed by atoms with Crippen molar-refractivity contribution in [2.24, 2.45) is 0 Å². The molecule has 0 radical (unpaired) electrons. The molecule has 0 fully saturated rings. The summed E-state index contributed by atoms with van der Waals surface area (Å²) in [6.45, 7) is 15.4. The molecular weight excluding hydrogens is 280 g/mol. The van der Waals surface area contributed by atoms with Gasteiger partial charge in [-0.2, -0.15) is 0 Å². The van der Waals surface area contributed by atoms with Crippen molar-refractivity contribution in [1.29, 1.82) is 0 Å². The molecule has 0 aliphatic rings. The Morgan fingerprint density at radius 1 is 0.739 bits per heavy atom. The van der Waals surface area contributed by atoms with Gasteiger partial charge in [0.2, 0.25) is 0 Å². The maximum atomic E-state index is 5.63. The maximum Gasteiger partial charge on any atom is 0.119 e. The summed E-state index contributed by atoms with van der Waals surface area (Å²) in [5.74, 6) is 0.953. The number of benzene rings is 2. The van der Waals surface area contributed by atoms with E-state index in [0.717, 1.165) is 18.8 Å². The molecule has 128 valence electrons. The van der Waals surface area contributed by atoms with Crippen LogP contribution in [0.3, 0.4) is 0 Å². The van der Waals surface area contributed by atoms with Crippen LogP contribution in [0.25, 0.3) is 0 Å². The van der Waals surface area contributed by atoms with E-state index in [4.69, 9.17) is 4.74 Å². The molecule has 0 heterocycles. The smallest absolute Gasteiger partial charge is 0.119 e. The second-order valence-electron chi connectivity index (χ2n) is 5.36. The zero-order chi connectivity index (χ0) is 17.7. The minimum absolute atomic E-state index is 0.0184. The van der Waals surface area contributed by atoms with Crippen molar-refractivity contribution in [1.82, 2.24) is 0 Å². The predicted octanol–water partition coefficient (Wildman–Crippen LogP) is 6.85. The molecule has 0 amide bonds. The van der Waals surface area contributed by atoms with Gasteiger partial charge in [-0.15, -0.1) is 0 Å². The van der Waals surface area contributed by atoms with E-state index in [-0.39, 0.29) is 5.41 Å². The molecule has 0 spiro atoms. The van der Waals surface area contributed by atoms with Crippen LogP contribution in [-0.4, -0.2) is 6.61 Å². The molecule has 1 nitrogen and oxygen atoms in total. The summed E-state index contributed by atoms with van der Waals surface area (Å²) in [5.41, 5.74) is 2.66. The summed E-state index contributed by atoms with van der Waals surface area (Å²) in [5, 5.41) is 0. The zero-order valence-electron chi connectivity index (χ0n) is 16.0. The summed E-state index contributed by atoms with van der Waals surface area (Å²) in [6.07, 6.45) is 1.04. The molecule has 0 atom stereocenters. The lowest BCUT2D eigenvalue weighted by Crippen LogP contribution is -2.18. The minimum atomic E-state index is 0.0184. The third-order valence-corrected chi connectivity index (χ3v) is 3.54. The molecule has 0 aliphatic heterocycles. The Hall–Kier alpha value is -1.76. The lowest BCUT2D eigenvalue weighted by atomic mass is 9.78. The topological polar surface area (TPSA) is 9.23 Å². The molecule has 2 aromatic rings. The Morgan fingerprint density at radius 2 is 1.22 bits per heavy atom. The number of rotatable bonds is 5. The van der Waals surface area contributed by atoms with Crippen LogP contribution in [0.2, 0.25) is 0 Å². The standard InChI is InChI=1S/C18H22O.2C2H6/c1-4-14-19-17-12-10-16(11-13-17)18(2,3)15-8-6-5-7-9-15;2*1-2/h5-13H,4,14H2,1-3H3;2*1-2H3. The predicted molar refractivity (Wildman–Crippen MR) is 103 cm³/mol. The Labute approximate surface area is 143 Å². The largest absolute Gasteiger partial charge is 0.494 e. The maximum absolute atomic E-state index is 5.63. The monoisotopic (exact) mass is 314 g/mol. The van der Waals surface area contributed by atoms with Crippen LogP contribution >= 0.6 is 0 Å². The highest BCUT2D eigenvalue weighted by molar-refractivity contribution is 5.39. The first-order valence-corrected chi connectivity index (χ1v) is 8.93. The summed E-state index contributed by atoms with van der Waals surface area (Å²) in [7, 11) is 0. The van der Waals surface area contributed by atoms with Gasteiger partial charge in [0.05, 0.1) is 6.61 Å². The minimum Gasteiger partial charge on any atom is -0.494 e. The second kappa shape index (κ2) is 11.8. The van der Waals surface area contributed by atoms with Crippen LogP contribution in [0, 0.1) is 0 Å². The quantitative estimate of drug-likeness (QED) is 0.586. The van der Waals surface area contributed by atoms with E-state index in [0.29, 0.717) is 0 Å². The molecule has 0 unspecified atom stereocenters. The third-order valence-electron chi connectivity index (χ3n) is 3.54. The van der Waals surface area contributed by atoms with Crippen molar-refractivity contribution >= 4 is 0 Å². The van der Waals surface area contributed by atoms with E-state index < -0.39 is 0 Å². The van der Waals surface area contributed by atoms with E-state index >= 15 is 0 Å². The Balaban J connectivity index is 0.00000112. The van der Waals surface area contributed by atoms with Gasteiger partial charge in [0.1, 0.15) is 5.75 Å². The fraction of sp³-hybridized carbons (Fsp3) is 0.455. The molecule has 0 aliphatic carbocycles. The lowest BCUT2D eigenvalue weighted by molar-refractivity contribution is 0.317. The van der Waals surface area contributed by atoms with Gasteiger partial charge >= 0.3 is 0 Å². The van der Waals surface area contributed by atoms with E-state index in [2.05, 4.69) is 75.4 Å². The molecular formula is C22H34O. The molecule has 2 rings (SSSR count). The number of hydrogen-bond donors (Lipinski definition) is 0. The normalized spacial score (nSPS) is 9.87. The van der Waals surface area contributed by atoms with Gasteiger partial charge in [0, 0.05) is 5.41 Å². The van der Waals surface area contributed by atoms with E-state index in [1.165, 1.54) is 11.1 Å². The fourth-order valence-corrected chi connectivity index (χ4v) is 2.21. The molecule has 0 N–H and O–H groups in total. The van der Waals surface area contributed by atoms with Gasteiger partial charge in [-0.3, -0.25) is 0 Å². The van der Waals surface area contributed by atoms with Crippen LogP contribution in [0.5, 0.6) is 5.75 Å². The van der Waals surface area contributed by atoms with Crippen LogP contribution in [-0.2, 0) is 5.41 Å². The average molecular weight is 315 g/mol. The first kappa shape index (κ1) is 21.2. The van der Waals surface area contributed by atoms with Crippen molar-refractivity contribution in [3.8, 4) is 5.75 Å². The summed E-state index contributed by atoms with van der Waals surface area (Å²) >= 11 is 0. The summed E-state index contributed by atoms with van der Waals surface area (Å²) in [4.78, 5) is 0. The Kier molecular flexibility index (Phi) is 10.9. The Bertz CT molecular complexity index is 497. The van der Waals surface area contributed by atoms with Gasteiger partial charge < -0.3 is 4.74 Å². The summed E-state index contributed by atoms with van der Waals surface area (Å²) in [6, 6.07) is 19.1. The van der Waals surface area contributed by atoms with Gasteiger partial charge in [-0.25, -0.2) is 0 Å². The van der Waals surface area contributed by atoms with Crippen molar-refractivity contribution in [2.45, 2.75) is 60.3 Å². The molecule has 0 bridgehead atoms. The number of ether oxygens (including phenoxy) is 1. The van der Waals surface area contributed by atoms with Crippen molar-refractivity contribution in [3.63, 3.8) is 0 Å². The SMILES string of the molecule is CC.CC.CCCOc1ccc(C(C)(C)c2ccccc2)cc1. The van der Waals surface area contributed by atoms with Gasteiger partial charge in [0.15, 0.2) is 0 Å². The lowest BCUT2D eigenvalue weighted by Gasteiger charge is -2.26. The van der Waals surface area contributed by atoms with Gasteiger partial charge in [-0.1, -0.05) is 90.9 Å². The Morgan fingerprint density at radius 3 is 1.70 bits per heavy atom. The second-order valence-corrected chi connectivity index (χ2v) is 5.36. The van der Waals surface area contributed by atoms with Crippen LogP contribution in [0.4, 0.5) is 0 Å². The molecule has 0 saturated carbocycles. The average Bonchev–Trinajstić information content (AvgIpc) is 2.64. The zero-order valence-corrected chi connectivity index (χ0v) is 16.0. The first-order chi connectivity index (χ1) is 11.1. The fourth-order valence-electron chi connectivity index (χ4n) is 2.21. The van der Waals surface area contributed by atoms with Crippen molar-refractivity contribution in [2.75, 3.05) is 6.61 Å². The highest BCUT2D eigenvalue weighted by Gasteiger charge is 2.22. The van der Waals surface area contributed by atoms with Gasteiger partial charge in [0.25, 0.3) is 0 Å². The molecule has 2 aromatic carbocycles. The molecule has 23 heavy (non-hydrogen) atoms. The molecule has 0 aromatic heterocycles. The summed E-state index contributed by atoms with van der Waals surface area (Å²) < 4.78 is 5.63.